The lowest BCUT2D eigenvalue weighted by Gasteiger charge is -2.01. The van der Waals surface area contributed by atoms with E-state index in [9.17, 15) is 5.11 Å². The van der Waals surface area contributed by atoms with E-state index >= 15 is 0 Å². The fraction of sp³-hybridized carbons (Fsp3) is 0.273. The van der Waals surface area contributed by atoms with Gasteiger partial charge < -0.3 is 5.11 Å². The Kier molecular flexibility index (Phi) is 2.31. The lowest BCUT2D eigenvalue weighted by atomic mass is 10.2. The van der Waals surface area contributed by atoms with Crippen molar-refractivity contribution in [3.05, 3.63) is 35.9 Å². The molecule has 1 aromatic rings. The van der Waals surface area contributed by atoms with Crippen molar-refractivity contribution in [2.45, 2.75) is 6.92 Å². The van der Waals surface area contributed by atoms with Crippen LogP contribution in [0.5, 0.6) is 0 Å². The van der Waals surface area contributed by atoms with Crippen LogP contribution in [0.4, 0.5) is 0 Å². The molecule has 3 heteroatoms. The van der Waals surface area contributed by atoms with Crippen molar-refractivity contribution < 1.29 is 9.79 Å². The van der Waals surface area contributed by atoms with Gasteiger partial charge in [-0.15, -0.1) is 0 Å². The van der Waals surface area contributed by atoms with Gasteiger partial charge >= 0.3 is 0 Å². The number of hydrogen-bond acceptors (Lipinski definition) is 2. The average Bonchev–Trinajstić information content (AvgIpc) is 2.47. The molecule has 1 aromatic carbocycles. The third kappa shape index (κ3) is 1.82. The van der Waals surface area contributed by atoms with Crippen LogP contribution in [-0.2, 0) is 0 Å². The Morgan fingerprint density at radius 1 is 1.43 bits per heavy atom. The Morgan fingerprint density at radius 3 is 2.71 bits per heavy atom. The molecule has 0 aromatic heterocycles. The van der Waals surface area contributed by atoms with Crippen LogP contribution in [0.1, 0.15) is 12.5 Å². The van der Waals surface area contributed by atoms with Crippen LogP contribution in [0.15, 0.2) is 35.4 Å². The van der Waals surface area contributed by atoms with Crippen molar-refractivity contribution in [2.24, 2.45) is 11.0 Å². The highest BCUT2D eigenvalue weighted by atomic mass is 16.3. The van der Waals surface area contributed by atoms with Gasteiger partial charge in [-0.3, -0.25) is 0 Å². The summed E-state index contributed by atoms with van der Waals surface area (Å²) in [4.78, 5) is 0. The Morgan fingerprint density at radius 2 is 2.14 bits per heavy atom. The molecule has 0 aliphatic carbocycles. The number of hydrogen-bond donors (Lipinski definition) is 0. The predicted molar refractivity (Wildman–Crippen MR) is 53.3 cm³/mol. The largest absolute Gasteiger partial charge is 0.857 e. The zero-order valence-corrected chi connectivity index (χ0v) is 8.05. The maximum atomic E-state index is 11.1. The average molecular weight is 188 g/mol. The Balaban J connectivity index is 2.22. The second-order valence-electron chi connectivity index (χ2n) is 3.50. The van der Waals surface area contributed by atoms with E-state index < -0.39 is 0 Å². The van der Waals surface area contributed by atoms with Gasteiger partial charge in [0.1, 0.15) is 0 Å². The normalized spacial score (nSPS) is 23.9. The molecule has 0 saturated carbocycles. The van der Waals surface area contributed by atoms with Gasteiger partial charge in [0.25, 0.3) is 0 Å². The topological polar surface area (TPSA) is 38.4 Å². The Hall–Kier alpha value is -1.64. The molecule has 0 fully saturated rings. The van der Waals surface area contributed by atoms with Crippen LogP contribution < -0.4 is 5.11 Å². The summed E-state index contributed by atoms with van der Waals surface area (Å²) >= 11 is 0. The van der Waals surface area contributed by atoms with Crippen LogP contribution in [0, 0.1) is 5.92 Å². The Labute approximate surface area is 83.0 Å². The monoisotopic (exact) mass is 188 g/mol. The fourth-order valence-corrected chi connectivity index (χ4v) is 1.42. The standard InChI is InChI=1S/C11H12N2O/c1-9-7-13(12-11(9)14)8-10-5-3-2-4-6-10/h2-6,8-9H,7H2,1H3/b13-8+. The molecule has 1 heterocycles. The van der Waals surface area contributed by atoms with Gasteiger partial charge in [0.05, 0.1) is 5.92 Å². The highest BCUT2D eigenvalue weighted by Gasteiger charge is 2.19. The Bertz CT molecular complexity index is 382. The second-order valence-corrected chi connectivity index (χ2v) is 3.50. The molecule has 14 heavy (non-hydrogen) atoms. The summed E-state index contributed by atoms with van der Waals surface area (Å²) in [6.45, 7) is 2.58. The molecular formula is C11H12N2O. The molecule has 2 rings (SSSR count). The van der Waals surface area contributed by atoms with E-state index in [-0.39, 0.29) is 11.8 Å². The van der Waals surface area contributed by atoms with Gasteiger partial charge in [-0.25, -0.2) is 0 Å². The van der Waals surface area contributed by atoms with Crippen molar-refractivity contribution in [3.63, 3.8) is 0 Å². The minimum atomic E-state index is -0.0304. The summed E-state index contributed by atoms with van der Waals surface area (Å²) in [5.41, 5.74) is 1.07. The molecule has 1 aliphatic heterocycles. The number of hydrazone groups is 1. The number of rotatable bonds is 1. The summed E-state index contributed by atoms with van der Waals surface area (Å²) in [5, 5.41) is 15.1. The van der Waals surface area contributed by atoms with Crippen molar-refractivity contribution in [3.8, 4) is 0 Å². The van der Waals surface area contributed by atoms with E-state index in [1.54, 1.807) is 4.68 Å². The first-order chi connectivity index (χ1) is 6.75. The molecule has 1 unspecified atom stereocenters. The van der Waals surface area contributed by atoms with Crippen LogP contribution in [-0.4, -0.2) is 23.3 Å². The van der Waals surface area contributed by atoms with E-state index in [4.69, 9.17) is 0 Å². The third-order valence-electron chi connectivity index (χ3n) is 2.21. The van der Waals surface area contributed by atoms with Crippen molar-refractivity contribution in [1.29, 1.82) is 0 Å². The summed E-state index contributed by atoms with van der Waals surface area (Å²) in [5.74, 6) is -0.00727. The minimum Gasteiger partial charge on any atom is -0.857 e. The smallest absolute Gasteiger partial charge is 0.203 e. The fourth-order valence-electron chi connectivity index (χ4n) is 1.42. The lowest BCUT2D eigenvalue weighted by molar-refractivity contribution is -0.522. The summed E-state index contributed by atoms with van der Waals surface area (Å²) < 4.78 is 1.71. The SMILES string of the molecule is CC1C/[N+](=C\c2ccccc2)N=C1[O-]. The molecule has 1 aliphatic rings. The zero-order valence-electron chi connectivity index (χ0n) is 8.05. The van der Waals surface area contributed by atoms with E-state index in [2.05, 4.69) is 5.10 Å². The maximum absolute atomic E-state index is 11.1. The number of nitrogens with zero attached hydrogens (tertiary/aromatic N) is 2. The second kappa shape index (κ2) is 3.62. The molecule has 0 bridgehead atoms. The van der Waals surface area contributed by atoms with Gasteiger partial charge in [0.2, 0.25) is 6.21 Å². The molecule has 0 N–H and O–H groups in total. The molecule has 1 atom stereocenters. The van der Waals surface area contributed by atoms with Crippen LogP contribution >= 0.6 is 0 Å². The van der Waals surface area contributed by atoms with Crippen molar-refractivity contribution >= 4 is 12.1 Å². The zero-order chi connectivity index (χ0) is 9.97. The molecule has 3 nitrogen and oxygen atoms in total. The first-order valence-corrected chi connectivity index (χ1v) is 4.68. The van der Waals surface area contributed by atoms with E-state index in [1.807, 2.05) is 43.5 Å². The van der Waals surface area contributed by atoms with Crippen molar-refractivity contribution in [1.82, 2.24) is 0 Å². The molecule has 0 saturated heterocycles. The molecule has 72 valence electrons. The number of benzene rings is 1. The van der Waals surface area contributed by atoms with Crippen molar-refractivity contribution in [2.75, 3.05) is 6.54 Å². The van der Waals surface area contributed by atoms with Gasteiger partial charge in [-0.1, -0.05) is 29.8 Å². The van der Waals surface area contributed by atoms with Gasteiger partial charge in [-0.05, 0) is 17.2 Å². The highest BCUT2D eigenvalue weighted by molar-refractivity contribution is 5.78. The van der Waals surface area contributed by atoms with Gasteiger partial charge in [0, 0.05) is 11.5 Å². The molecular weight excluding hydrogens is 176 g/mol. The van der Waals surface area contributed by atoms with Crippen LogP contribution in [0.3, 0.4) is 0 Å². The molecule has 0 radical (unpaired) electrons. The maximum Gasteiger partial charge on any atom is 0.203 e. The van der Waals surface area contributed by atoms with E-state index in [0.29, 0.717) is 6.54 Å². The summed E-state index contributed by atoms with van der Waals surface area (Å²) in [6.07, 6.45) is 1.89. The lowest BCUT2D eigenvalue weighted by Crippen LogP contribution is -2.23. The first kappa shape index (κ1) is 8.94. The quantitative estimate of drug-likeness (QED) is 0.589. The van der Waals surface area contributed by atoms with E-state index in [1.165, 1.54) is 0 Å². The molecule has 0 spiro atoms. The van der Waals surface area contributed by atoms with Crippen LogP contribution in [0.25, 0.3) is 0 Å². The molecule has 0 amide bonds. The van der Waals surface area contributed by atoms with Gasteiger partial charge in [-0.2, -0.15) is 0 Å². The third-order valence-corrected chi connectivity index (χ3v) is 2.21. The predicted octanol–water partition coefficient (Wildman–Crippen LogP) is 0.442. The van der Waals surface area contributed by atoms with Gasteiger partial charge in [0.15, 0.2) is 6.54 Å². The first-order valence-electron chi connectivity index (χ1n) is 4.68. The highest BCUT2D eigenvalue weighted by Crippen LogP contribution is 2.05. The summed E-state index contributed by atoms with van der Waals surface area (Å²) in [6, 6.07) is 9.87. The minimum absolute atomic E-state index is 0.0231. The summed E-state index contributed by atoms with van der Waals surface area (Å²) in [7, 11) is 0. The van der Waals surface area contributed by atoms with Crippen LogP contribution in [0.2, 0.25) is 0 Å². The van der Waals surface area contributed by atoms with E-state index in [0.717, 1.165) is 5.56 Å².